The number of hydrogen-bond acceptors (Lipinski definition) is 5. The molecule has 0 saturated heterocycles. The molecular weight excluding hydrogens is 231 g/mol. The maximum atomic E-state index is 11.9. The lowest BCUT2D eigenvalue weighted by molar-refractivity contribution is -0.142. The van der Waals surface area contributed by atoms with Crippen LogP contribution in [0.5, 0.6) is 0 Å². The van der Waals surface area contributed by atoms with Gasteiger partial charge in [0.15, 0.2) is 0 Å². The van der Waals surface area contributed by atoms with E-state index in [1.165, 1.54) is 11.9 Å². The second-order valence-corrected chi connectivity index (χ2v) is 4.66. The zero-order valence-corrected chi connectivity index (χ0v) is 10.9. The van der Waals surface area contributed by atoms with Crippen molar-refractivity contribution in [2.24, 2.45) is 0 Å². The highest BCUT2D eigenvalue weighted by atomic mass is 31.2. The van der Waals surface area contributed by atoms with Crippen LogP contribution in [-0.4, -0.2) is 25.8 Å². The monoisotopic (exact) mass is 250 g/mol. The summed E-state index contributed by atoms with van der Waals surface area (Å²) in [7, 11) is -3.18. The first kappa shape index (κ1) is 15.4. The van der Waals surface area contributed by atoms with Crippen molar-refractivity contribution in [2.75, 3.05) is 19.8 Å². The summed E-state index contributed by atoms with van der Waals surface area (Å²) in [5.41, 5.74) is 0. The summed E-state index contributed by atoms with van der Waals surface area (Å²) in [5, 5.41) is 0. The molecule has 0 saturated carbocycles. The highest BCUT2D eigenvalue weighted by molar-refractivity contribution is 7.57. The van der Waals surface area contributed by atoms with Crippen molar-refractivity contribution >= 4 is 13.6 Å². The summed E-state index contributed by atoms with van der Waals surface area (Å²) in [4.78, 5) is 11.0. The molecule has 5 nitrogen and oxygen atoms in total. The van der Waals surface area contributed by atoms with Gasteiger partial charge in [-0.2, -0.15) is 0 Å². The molecule has 0 bridgehead atoms. The van der Waals surface area contributed by atoms with Crippen LogP contribution in [0, 0.1) is 0 Å². The molecule has 0 aliphatic carbocycles. The van der Waals surface area contributed by atoms with E-state index in [-0.39, 0.29) is 12.4 Å². The predicted octanol–water partition coefficient (Wildman–Crippen LogP) is 2.72. The van der Waals surface area contributed by atoms with Gasteiger partial charge in [-0.1, -0.05) is 6.08 Å². The Kier molecular flexibility index (Phi) is 8.16. The molecule has 0 heterocycles. The van der Waals surface area contributed by atoms with E-state index in [1.807, 2.05) is 0 Å². The van der Waals surface area contributed by atoms with Gasteiger partial charge in [-0.25, -0.2) is 0 Å². The summed E-state index contributed by atoms with van der Waals surface area (Å²) >= 11 is 0. The molecule has 0 N–H and O–H groups in total. The molecule has 0 unspecified atom stereocenters. The van der Waals surface area contributed by atoms with E-state index in [0.29, 0.717) is 19.8 Å². The van der Waals surface area contributed by atoms with Crippen LogP contribution in [-0.2, 0) is 23.1 Å². The molecule has 0 aromatic rings. The minimum absolute atomic E-state index is 0.0674. The molecule has 0 amide bonds. The van der Waals surface area contributed by atoms with Crippen molar-refractivity contribution in [3.63, 3.8) is 0 Å². The van der Waals surface area contributed by atoms with E-state index in [4.69, 9.17) is 13.8 Å². The van der Waals surface area contributed by atoms with Crippen LogP contribution >= 0.6 is 7.60 Å². The van der Waals surface area contributed by atoms with Crippen LogP contribution in [0.25, 0.3) is 0 Å². The van der Waals surface area contributed by atoms with Gasteiger partial charge in [-0.05, 0) is 20.8 Å². The molecule has 94 valence electrons. The van der Waals surface area contributed by atoms with Crippen molar-refractivity contribution in [1.82, 2.24) is 0 Å². The maximum Gasteiger partial charge on any atom is 0.353 e. The Morgan fingerprint density at radius 1 is 1.12 bits per heavy atom. The summed E-state index contributed by atoms with van der Waals surface area (Å²) in [6.45, 7) is 6.10. The van der Waals surface area contributed by atoms with E-state index in [2.05, 4.69) is 0 Å². The highest BCUT2D eigenvalue weighted by Crippen LogP contribution is 2.49. The molecule has 6 heteroatoms. The van der Waals surface area contributed by atoms with E-state index in [0.717, 1.165) is 0 Å². The van der Waals surface area contributed by atoms with Gasteiger partial charge in [0, 0.05) is 5.82 Å². The largest absolute Gasteiger partial charge is 0.466 e. The molecular formula is C10H19O5P. The van der Waals surface area contributed by atoms with Crippen LogP contribution < -0.4 is 0 Å². The van der Waals surface area contributed by atoms with Crippen LogP contribution in [0.1, 0.15) is 27.2 Å². The normalized spacial score (nSPS) is 11.9. The minimum atomic E-state index is -3.18. The SMILES string of the molecule is CCOC(=O)C/C=C/P(=O)(OCC)OCC. The summed E-state index contributed by atoms with van der Waals surface area (Å²) in [6.07, 6.45) is 1.52. The fourth-order valence-electron chi connectivity index (χ4n) is 0.981. The Labute approximate surface area is 96.3 Å². The second-order valence-electron chi connectivity index (χ2n) is 2.77. The van der Waals surface area contributed by atoms with Gasteiger partial charge in [0.1, 0.15) is 0 Å². The van der Waals surface area contributed by atoms with Crippen molar-refractivity contribution in [2.45, 2.75) is 27.2 Å². The zero-order valence-electron chi connectivity index (χ0n) is 9.97. The average Bonchev–Trinajstić information content (AvgIpc) is 2.18. The van der Waals surface area contributed by atoms with Gasteiger partial charge in [-0.3, -0.25) is 9.36 Å². The molecule has 0 radical (unpaired) electrons. The van der Waals surface area contributed by atoms with Gasteiger partial charge in [-0.15, -0.1) is 0 Å². The van der Waals surface area contributed by atoms with Gasteiger partial charge >= 0.3 is 13.6 Å². The number of hydrogen-bond donors (Lipinski definition) is 0. The average molecular weight is 250 g/mol. The van der Waals surface area contributed by atoms with E-state index < -0.39 is 7.60 Å². The quantitative estimate of drug-likeness (QED) is 0.489. The standard InChI is InChI=1S/C10H19O5P/c1-4-13-10(11)8-7-9-16(12,14-5-2)15-6-3/h7,9H,4-6,8H2,1-3H3/b9-7+. The topological polar surface area (TPSA) is 61.8 Å². The van der Waals surface area contributed by atoms with Crippen LogP contribution in [0.2, 0.25) is 0 Å². The summed E-state index contributed by atoms with van der Waals surface area (Å²) in [6, 6.07) is 0. The third kappa shape index (κ3) is 6.77. The van der Waals surface area contributed by atoms with E-state index >= 15 is 0 Å². The molecule has 0 aromatic carbocycles. The number of carbonyl (C=O) groups excluding carboxylic acids is 1. The van der Waals surface area contributed by atoms with Crippen LogP contribution in [0.4, 0.5) is 0 Å². The Morgan fingerprint density at radius 3 is 2.12 bits per heavy atom. The Hall–Kier alpha value is -0.640. The Morgan fingerprint density at radius 2 is 1.69 bits per heavy atom. The smallest absolute Gasteiger partial charge is 0.353 e. The molecule has 16 heavy (non-hydrogen) atoms. The van der Waals surface area contributed by atoms with Crippen molar-refractivity contribution < 1.29 is 23.1 Å². The van der Waals surface area contributed by atoms with E-state index in [9.17, 15) is 9.36 Å². The molecule has 0 atom stereocenters. The number of ether oxygens (including phenoxy) is 1. The summed E-state index contributed by atoms with van der Waals surface area (Å²) < 4.78 is 26.6. The fourth-order valence-corrected chi connectivity index (χ4v) is 2.31. The van der Waals surface area contributed by atoms with Crippen LogP contribution in [0.15, 0.2) is 11.9 Å². The van der Waals surface area contributed by atoms with Gasteiger partial charge < -0.3 is 13.8 Å². The molecule has 0 aromatic heterocycles. The fraction of sp³-hybridized carbons (Fsp3) is 0.700. The highest BCUT2D eigenvalue weighted by Gasteiger charge is 2.18. The van der Waals surface area contributed by atoms with E-state index in [1.54, 1.807) is 20.8 Å². The Balaban J connectivity index is 4.23. The Bertz CT molecular complexity index is 264. The second kappa shape index (κ2) is 8.50. The number of carbonyl (C=O) groups is 1. The first-order valence-electron chi connectivity index (χ1n) is 5.30. The summed E-state index contributed by atoms with van der Waals surface area (Å²) in [5.74, 6) is 0.940. The molecule has 0 fully saturated rings. The van der Waals surface area contributed by atoms with Crippen molar-refractivity contribution in [1.29, 1.82) is 0 Å². The number of esters is 1. The molecule has 0 rings (SSSR count). The third-order valence-electron chi connectivity index (χ3n) is 1.50. The molecule has 0 aliphatic heterocycles. The van der Waals surface area contributed by atoms with Crippen molar-refractivity contribution in [3.8, 4) is 0 Å². The van der Waals surface area contributed by atoms with Gasteiger partial charge in [0.25, 0.3) is 0 Å². The van der Waals surface area contributed by atoms with Gasteiger partial charge in [0.05, 0.1) is 26.2 Å². The molecule has 0 aliphatic rings. The molecule has 0 spiro atoms. The first-order valence-corrected chi connectivity index (χ1v) is 6.91. The minimum Gasteiger partial charge on any atom is -0.466 e. The number of rotatable bonds is 8. The van der Waals surface area contributed by atoms with Gasteiger partial charge in [0.2, 0.25) is 0 Å². The van der Waals surface area contributed by atoms with Crippen molar-refractivity contribution in [3.05, 3.63) is 11.9 Å². The lowest BCUT2D eigenvalue weighted by Crippen LogP contribution is -2.01. The zero-order chi connectivity index (χ0) is 12.4. The lowest BCUT2D eigenvalue weighted by Gasteiger charge is -2.12. The third-order valence-corrected chi connectivity index (χ3v) is 3.31. The maximum absolute atomic E-state index is 11.9. The predicted molar refractivity (Wildman–Crippen MR) is 61.2 cm³/mol. The lowest BCUT2D eigenvalue weighted by atomic mass is 10.4. The van der Waals surface area contributed by atoms with Crippen LogP contribution in [0.3, 0.4) is 0 Å². The first-order chi connectivity index (χ1) is 7.58.